The van der Waals surface area contributed by atoms with E-state index in [4.69, 9.17) is 10.5 Å². The lowest BCUT2D eigenvalue weighted by molar-refractivity contribution is 0.0994. The molecule has 6 rings (SSSR count). The average molecular weight is 553 g/mol. The van der Waals surface area contributed by atoms with E-state index >= 15 is 4.39 Å². The van der Waals surface area contributed by atoms with Crippen LogP contribution in [0.4, 0.5) is 21.5 Å². The molecule has 208 valence electrons. The van der Waals surface area contributed by atoms with Crippen LogP contribution in [0.25, 0.3) is 32.9 Å². The van der Waals surface area contributed by atoms with E-state index in [1.807, 2.05) is 49.3 Å². The second-order valence-corrected chi connectivity index (χ2v) is 10.2. The first-order valence-corrected chi connectivity index (χ1v) is 13.3. The summed E-state index contributed by atoms with van der Waals surface area (Å²) in [6, 6.07) is 17.8. The molecule has 1 aliphatic heterocycles. The molecule has 2 amide bonds. The molecule has 2 aromatic heterocycles. The molecule has 4 N–H and O–H groups in total. The summed E-state index contributed by atoms with van der Waals surface area (Å²) >= 11 is 0. The zero-order valence-electron chi connectivity index (χ0n) is 22.7. The number of aromatic amines is 1. The van der Waals surface area contributed by atoms with Gasteiger partial charge in [-0.2, -0.15) is 0 Å². The van der Waals surface area contributed by atoms with Crippen LogP contribution in [0, 0.1) is 5.82 Å². The first-order valence-electron chi connectivity index (χ1n) is 13.3. The maximum atomic E-state index is 16.0. The van der Waals surface area contributed by atoms with Gasteiger partial charge in [-0.25, -0.2) is 9.37 Å². The molecule has 10 heteroatoms. The van der Waals surface area contributed by atoms with Gasteiger partial charge in [0.25, 0.3) is 11.8 Å². The van der Waals surface area contributed by atoms with Crippen molar-refractivity contribution >= 4 is 50.7 Å². The molecule has 9 nitrogen and oxygen atoms in total. The summed E-state index contributed by atoms with van der Waals surface area (Å²) in [5, 5.41) is 4.11. The van der Waals surface area contributed by atoms with Crippen molar-refractivity contribution in [3.8, 4) is 11.1 Å². The molecule has 1 fully saturated rings. The molecule has 0 unspecified atom stereocenters. The minimum atomic E-state index is -0.691. The highest BCUT2D eigenvalue weighted by Crippen LogP contribution is 2.39. The first-order chi connectivity index (χ1) is 19.8. The fraction of sp³-hybridized carbons (Fsp3) is 0.194. The van der Waals surface area contributed by atoms with Crippen LogP contribution in [0.5, 0.6) is 0 Å². The summed E-state index contributed by atoms with van der Waals surface area (Å²) < 4.78 is 21.5. The fourth-order valence-corrected chi connectivity index (χ4v) is 5.25. The summed E-state index contributed by atoms with van der Waals surface area (Å²) in [5.74, 6) is -1.73. The molecule has 1 aliphatic rings. The van der Waals surface area contributed by atoms with E-state index in [1.165, 1.54) is 12.3 Å². The number of hydrogen-bond donors (Lipinski definition) is 3. The number of carbonyl (C=O) groups excluding carboxylic acids is 2. The van der Waals surface area contributed by atoms with Crippen molar-refractivity contribution in [2.24, 2.45) is 5.73 Å². The molecule has 3 aromatic carbocycles. The van der Waals surface area contributed by atoms with Crippen LogP contribution in [0.15, 0.2) is 66.9 Å². The Kier molecular flexibility index (Phi) is 6.76. The Morgan fingerprint density at radius 1 is 1.05 bits per heavy atom. The second kappa shape index (κ2) is 10.5. The first kappa shape index (κ1) is 26.3. The lowest BCUT2D eigenvalue weighted by atomic mass is 9.99. The van der Waals surface area contributed by atoms with Gasteiger partial charge in [0.05, 0.1) is 24.4 Å². The number of hydrogen-bond acceptors (Lipinski definition) is 6. The number of rotatable bonds is 6. The zero-order valence-corrected chi connectivity index (χ0v) is 22.7. The molecule has 1 saturated heterocycles. The normalized spacial score (nSPS) is 13.5. The Morgan fingerprint density at radius 3 is 2.51 bits per heavy atom. The highest BCUT2D eigenvalue weighted by Gasteiger charge is 2.22. The number of pyridine rings is 1. The summed E-state index contributed by atoms with van der Waals surface area (Å²) in [6.07, 6.45) is 1.45. The molecule has 5 aromatic rings. The third-order valence-corrected chi connectivity index (χ3v) is 7.40. The van der Waals surface area contributed by atoms with Crippen molar-refractivity contribution < 1.29 is 18.7 Å². The zero-order chi connectivity index (χ0) is 28.7. The Bertz CT molecular complexity index is 1790. The second-order valence-electron chi connectivity index (χ2n) is 10.2. The number of fused-ring (bicyclic) bond motifs is 3. The number of H-pyrrole nitrogens is 1. The Labute approximate surface area is 235 Å². The van der Waals surface area contributed by atoms with Crippen molar-refractivity contribution in [1.82, 2.24) is 9.97 Å². The number of nitrogens with one attached hydrogen (secondary N) is 2. The van der Waals surface area contributed by atoms with Crippen LogP contribution in [0.1, 0.15) is 20.8 Å². The molecule has 0 bridgehead atoms. The van der Waals surface area contributed by atoms with Crippen molar-refractivity contribution in [1.29, 1.82) is 0 Å². The minimum absolute atomic E-state index is 0.0331. The smallest absolute Gasteiger partial charge is 0.269 e. The summed E-state index contributed by atoms with van der Waals surface area (Å²) in [7, 11) is 3.82. The molecular weight excluding hydrogens is 523 g/mol. The molecule has 3 heterocycles. The lowest BCUT2D eigenvalue weighted by Gasteiger charge is -2.28. The van der Waals surface area contributed by atoms with Crippen LogP contribution >= 0.6 is 0 Å². The third-order valence-electron chi connectivity index (χ3n) is 7.40. The van der Waals surface area contributed by atoms with Gasteiger partial charge in [-0.3, -0.25) is 9.59 Å². The highest BCUT2D eigenvalue weighted by molar-refractivity contribution is 6.19. The molecule has 41 heavy (non-hydrogen) atoms. The number of halogens is 1. The van der Waals surface area contributed by atoms with Crippen molar-refractivity contribution in [3.63, 3.8) is 0 Å². The largest absolute Gasteiger partial charge is 0.378 e. The number of ether oxygens (including phenoxy) is 1. The van der Waals surface area contributed by atoms with Crippen molar-refractivity contribution in [2.75, 3.05) is 55.5 Å². The van der Waals surface area contributed by atoms with E-state index in [2.05, 4.69) is 20.2 Å². The predicted octanol–water partition coefficient (Wildman–Crippen LogP) is 4.78. The topological polar surface area (TPSA) is 117 Å². The summed E-state index contributed by atoms with van der Waals surface area (Å²) in [5.41, 5.74) is 10.0. The monoisotopic (exact) mass is 552 g/mol. The lowest BCUT2D eigenvalue weighted by Crippen LogP contribution is -2.36. The van der Waals surface area contributed by atoms with Crippen LogP contribution < -0.4 is 20.9 Å². The van der Waals surface area contributed by atoms with E-state index in [9.17, 15) is 9.59 Å². The van der Waals surface area contributed by atoms with Gasteiger partial charge < -0.3 is 30.6 Å². The molecule has 0 aliphatic carbocycles. The summed E-state index contributed by atoms with van der Waals surface area (Å²) in [6.45, 7) is 2.85. The number of nitrogens with zero attached hydrogens (tertiary/aromatic N) is 3. The molecule has 0 radical (unpaired) electrons. The van der Waals surface area contributed by atoms with Gasteiger partial charge in [0.15, 0.2) is 11.5 Å². The Hall–Kier alpha value is -4.96. The van der Waals surface area contributed by atoms with Crippen LogP contribution in [-0.2, 0) is 4.74 Å². The fourth-order valence-electron chi connectivity index (χ4n) is 5.25. The van der Waals surface area contributed by atoms with Gasteiger partial charge in [-0.15, -0.1) is 0 Å². The molecular formula is C31H29FN6O3. The number of aromatic nitrogens is 2. The van der Waals surface area contributed by atoms with Gasteiger partial charge >= 0.3 is 0 Å². The van der Waals surface area contributed by atoms with Crippen molar-refractivity contribution in [2.45, 2.75) is 0 Å². The third kappa shape index (κ3) is 4.82. The molecule has 0 atom stereocenters. The Balaban J connectivity index is 1.42. The van der Waals surface area contributed by atoms with E-state index < -0.39 is 17.6 Å². The van der Waals surface area contributed by atoms with Crippen LogP contribution in [0.2, 0.25) is 0 Å². The molecule has 0 saturated carbocycles. The maximum absolute atomic E-state index is 16.0. The standard InChI is InChI=1S/C31H29FN6O3/c1-37(2)19-8-6-18(7-9-19)31(40)36-24-5-3-4-21(27(24)32)23-17-34-29(30(33)39)28-26(23)22-11-10-20(16-25(22)35-28)38-12-14-41-15-13-38/h3-11,16-17,35H,12-15H2,1-2H3,(H2,33,39)(H,36,40). The highest BCUT2D eigenvalue weighted by atomic mass is 19.1. The number of primary amides is 1. The summed E-state index contributed by atoms with van der Waals surface area (Å²) in [4.78, 5) is 37.0. The van der Waals surface area contributed by atoms with E-state index in [1.54, 1.807) is 24.3 Å². The van der Waals surface area contributed by atoms with Crippen molar-refractivity contribution in [3.05, 3.63) is 83.9 Å². The number of carbonyl (C=O) groups is 2. The minimum Gasteiger partial charge on any atom is -0.378 e. The van der Waals surface area contributed by atoms with Gasteiger partial charge in [0.1, 0.15) is 0 Å². The van der Waals surface area contributed by atoms with Gasteiger partial charge in [0, 0.05) is 77.7 Å². The van der Waals surface area contributed by atoms with E-state index in [0.29, 0.717) is 35.2 Å². The number of nitrogens with two attached hydrogens (primary N) is 1. The maximum Gasteiger partial charge on any atom is 0.269 e. The number of amides is 2. The number of benzene rings is 3. The SMILES string of the molecule is CN(C)c1ccc(C(=O)Nc2cccc(-c3cnc(C(N)=O)c4[nH]c5cc(N6CCOCC6)ccc5c34)c2F)cc1. The van der Waals surface area contributed by atoms with Gasteiger partial charge in [-0.1, -0.05) is 18.2 Å². The number of morpholine rings is 1. The quantitative estimate of drug-likeness (QED) is 0.279. The predicted molar refractivity (Wildman–Crippen MR) is 159 cm³/mol. The van der Waals surface area contributed by atoms with Crippen LogP contribution in [0.3, 0.4) is 0 Å². The van der Waals surface area contributed by atoms with Gasteiger partial charge in [-0.05, 0) is 42.5 Å². The van der Waals surface area contributed by atoms with Crippen LogP contribution in [-0.4, -0.2) is 62.2 Å². The van der Waals surface area contributed by atoms with E-state index in [-0.39, 0.29) is 16.9 Å². The van der Waals surface area contributed by atoms with Gasteiger partial charge in [0.2, 0.25) is 0 Å². The molecule has 0 spiro atoms. The van der Waals surface area contributed by atoms with E-state index in [0.717, 1.165) is 35.4 Å². The Morgan fingerprint density at radius 2 is 1.80 bits per heavy atom. The number of anilines is 3. The average Bonchev–Trinajstić information content (AvgIpc) is 3.37.